The molecular formula is C31H43F2N7S. The number of nitrogen functional groups attached to an aromatic ring is 1. The number of thiophene rings is 1. The molecule has 2 aromatic heterocycles. The summed E-state index contributed by atoms with van der Waals surface area (Å²) in [6, 6.07) is 2.96. The van der Waals surface area contributed by atoms with Gasteiger partial charge in [0.15, 0.2) is 11.6 Å². The fraction of sp³-hybridized carbons (Fsp3) is 0.710. The van der Waals surface area contributed by atoms with E-state index < -0.39 is 6.17 Å². The molecule has 0 saturated carbocycles. The Morgan fingerprint density at radius 3 is 2.61 bits per heavy atom. The standard InChI is InChI=1S/C24H31FN6S.C7H12FN/c1-4-16-19(25)21(30-10-6-8-23(2,3)12-30)29-22(28-16)31-13-24(14-31)9-5-7-17-18(24)15(11-26)20(27)32-17;8-6-4-7-2-1-3-9(7)5-6/h4-10,12-14,27H2,1-3H3;6-7H,1-5H2. The summed E-state index contributed by atoms with van der Waals surface area (Å²) in [5, 5.41) is 10.3. The van der Waals surface area contributed by atoms with Crippen LogP contribution in [0.1, 0.15) is 87.4 Å². The van der Waals surface area contributed by atoms with E-state index in [1.165, 1.54) is 17.7 Å². The maximum Gasteiger partial charge on any atom is 0.227 e. The zero-order valence-corrected chi connectivity index (χ0v) is 25.5. The number of rotatable bonds is 3. The largest absolute Gasteiger partial charge is 0.389 e. The molecule has 2 atom stereocenters. The van der Waals surface area contributed by atoms with Crippen LogP contribution in [0.5, 0.6) is 0 Å². The van der Waals surface area contributed by atoms with Gasteiger partial charge in [0.2, 0.25) is 5.95 Å². The molecule has 2 N–H and O–H groups in total. The lowest BCUT2D eigenvalue weighted by Gasteiger charge is -2.52. The van der Waals surface area contributed by atoms with Crippen LogP contribution in [-0.4, -0.2) is 66.3 Å². The summed E-state index contributed by atoms with van der Waals surface area (Å²) in [4.78, 5) is 17.2. The Balaban J connectivity index is 0.000000283. The minimum absolute atomic E-state index is 0.0653. The van der Waals surface area contributed by atoms with Crippen molar-refractivity contribution in [2.75, 3.05) is 54.8 Å². The lowest BCUT2D eigenvalue weighted by molar-refractivity contribution is 0.280. The van der Waals surface area contributed by atoms with Crippen LogP contribution >= 0.6 is 11.3 Å². The number of nitriles is 1. The Morgan fingerprint density at radius 1 is 1.10 bits per heavy atom. The SMILES string of the molecule is CCc1nc(N2CC3(CCCc4sc(N)c(C#N)c43)C2)nc(N2CCCC(C)(C)C2)c1F.FC1CC2CCCN2C1. The van der Waals surface area contributed by atoms with Crippen LogP contribution in [0.4, 0.5) is 25.5 Å². The number of anilines is 3. The first-order chi connectivity index (χ1) is 19.6. The summed E-state index contributed by atoms with van der Waals surface area (Å²) in [7, 11) is 0. The highest BCUT2D eigenvalue weighted by molar-refractivity contribution is 7.16. The number of hydrogen-bond donors (Lipinski definition) is 1. The summed E-state index contributed by atoms with van der Waals surface area (Å²) < 4.78 is 27.9. The van der Waals surface area contributed by atoms with Crippen molar-refractivity contribution < 1.29 is 8.78 Å². The van der Waals surface area contributed by atoms with E-state index in [0.29, 0.717) is 47.0 Å². The van der Waals surface area contributed by atoms with Crippen LogP contribution in [0.2, 0.25) is 0 Å². The second kappa shape index (κ2) is 11.0. The highest BCUT2D eigenvalue weighted by Crippen LogP contribution is 2.50. The third-order valence-electron chi connectivity index (χ3n) is 9.86. The molecule has 4 saturated heterocycles. The Kier molecular flexibility index (Phi) is 7.65. The van der Waals surface area contributed by atoms with Crippen molar-refractivity contribution in [1.29, 1.82) is 5.26 Å². The van der Waals surface area contributed by atoms with Crippen molar-refractivity contribution in [3.8, 4) is 6.07 Å². The number of aryl methyl sites for hydroxylation is 2. The van der Waals surface area contributed by atoms with Crippen LogP contribution in [0, 0.1) is 22.6 Å². The molecule has 0 amide bonds. The number of fused-ring (bicyclic) bond motifs is 3. The predicted molar refractivity (Wildman–Crippen MR) is 161 cm³/mol. The van der Waals surface area contributed by atoms with Crippen molar-refractivity contribution >= 4 is 28.1 Å². The monoisotopic (exact) mass is 583 g/mol. The van der Waals surface area contributed by atoms with Crippen LogP contribution in [0.15, 0.2) is 0 Å². The van der Waals surface area contributed by atoms with E-state index in [1.54, 1.807) is 11.3 Å². The number of halogens is 2. The molecule has 4 aliphatic heterocycles. The van der Waals surface area contributed by atoms with Crippen LogP contribution in [0.25, 0.3) is 0 Å². The lowest BCUT2D eigenvalue weighted by Crippen LogP contribution is -2.61. The molecule has 0 radical (unpaired) electrons. The number of piperidine rings is 1. The van der Waals surface area contributed by atoms with Gasteiger partial charge in [0.25, 0.3) is 0 Å². The van der Waals surface area contributed by atoms with Gasteiger partial charge in [-0.2, -0.15) is 10.2 Å². The van der Waals surface area contributed by atoms with Gasteiger partial charge in [0.05, 0.1) is 11.3 Å². The Labute approximate surface area is 246 Å². The molecule has 4 fully saturated rings. The average Bonchev–Trinajstić information content (AvgIpc) is 3.59. The number of nitrogens with two attached hydrogens (primary N) is 1. The predicted octanol–water partition coefficient (Wildman–Crippen LogP) is 5.61. The van der Waals surface area contributed by atoms with Gasteiger partial charge >= 0.3 is 0 Å². The van der Waals surface area contributed by atoms with Gasteiger partial charge in [-0.15, -0.1) is 11.3 Å². The van der Waals surface area contributed by atoms with Crippen LogP contribution < -0.4 is 15.5 Å². The molecule has 7 nitrogen and oxygen atoms in total. The molecule has 0 aromatic carbocycles. The maximum absolute atomic E-state index is 15.3. The first-order valence-corrected chi connectivity index (χ1v) is 16.2. The molecule has 5 aliphatic rings. The summed E-state index contributed by atoms with van der Waals surface area (Å²) in [5.41, 5.74) is 8.55. The zero-order chi connectivity index (χ0) is 28.9. The molecule has 6 heterocycles. The molecular weight excluding hydrogens is 540 g/mol. The molecule has 41 heavy (non-hydrogen) atoms. The normalized spacial score (nSPS) is 26.1. The van der Waals surface area contributed by atoms with E-state index in [-0.39, 0.29) is 16.6 Å². The zero-order valence-electron chi connectivity index (χ0n) is 24.7. The Hall–Kier alpha value is -2.51. The fourth-order valence-electron chi connectivity index (χ4n) is 7.88. The van der Waals surface area contributed by atoms with Crippen molar-refractivity contribution in [2.24, 2.45) is 5.41 Å². The van der Waals surface area contributed by atoms with Gasteiger partial charge in [-0.05, 0) is 75.3 Å². The molecule has 7 rings (SSSR count). The van der Waals surface area contributed by atoms with Crippen LogP contribution in [0.3, 0.4) is 0 Å². The number of aromatic nitrogens is 2. The average molecular weight is 584 g/mol. The number of hydrogen-bond acceptors (Lipinski definition) is 8. The van der Waals surface area contributed by atoms with E-state index in [4.69, 9.17) is 10.7 Å². The minimum atomic E-state index is -0.518. The van der Waals surface area contributed by atoms with E-state index >= 15 is 4.39 Å². The molecule has 1 aliphatic carbocycles. The fourth-order valence-corrected chi connectivity index (χ4v) is 9.07. The molecule has 0 bridgehead atoms. The smallest absolute Gasteiger partial charge is 0.227 e. The summed E-state index contributed by atoms with van der Waals surface area (Å²) in [5.74, 6) is 0.782. The van der Waals surface area contributed by atoms with Crippen molar-refractivity contribution in [3.63, 3.8) is 0 Å². The van der Waals surface area contributed by atoms with Gasteiger partial charge in [-0.25, -0.2) is 13.8 Å². The van der Waals surface area contributed by atoms with E-state index in [9.17, 15) is 9.65 Å². The van der Waals surface area contributed by atoms with Gasteiger partial charge in [-0.1, -0.05) is 20.8 Å². The first kappa shape index (κ1) is 28.6. The minimum Gasteiger partial charge on any atom is -0.389 e. The quantitative estimate of drug-likeness (QED) is 0.503. The van der Waals surface area contributed by atoms with Crippen molar-refractivity contribution in [1.82, 2.24) is 14.9 Å². The van der Waals surface area contributed by atoms with Gasteiger partial charge in [0, 0.05) is 49.1 Å². The van der Waals surface area contributed by atoms with Crippen LogP contribution in [-0.2, 0) is 18.3 Å². The maximum atomic E-state index is 15.3. The molecule has 222 valence electrons. The molecule has 10 heteroatoms. The molecule has 1 spiro atoms. The van der Waals surface area contributed by atoms with Crippen molar-refractivity contribution in [3.05, 3.63) is 27.5 Å². The van der Waals surface area contributed by atoms with E-state index in [1.807, 2.05) is 6.92 Å². The highest BCUT2D eigenvalue weighted by atomic mass is 32.1. The molecule has 2 aromatic rings. The Morgan fingerprint density at radius 2 is 1.90 bits per heavy atom. The lowest BCUT2D eigenvalue weighted by atomic mass is 9.66. The molecule has 2 unspecified atom stereocenters. The van der Waals surface area contributed by atoms with E-state index in [2.05, 4.69) is 39.6 Å². The van der Waals surface area contributed by atoms with Gasteiger partial charge in [-0.3, -0.25) is 4.90 Å². The summed E-state index contributed by atoms with van der Waals surface area (Å²) in [6.45, 7) is 11.4. The Bertz CT molecular complexity index is 1320. The van der Waals surface area contributed by atoms with E-state index in [0.717, 1.165) is 76.8 Å². The topological polar surface area (TPSA) is 85.3 Å². The summed E-state index contributed by atoms with van der Waals surface area (Å²) >= 11 is 1.57. The third kappa shape index (κ3) is 5.29. The van der Waals surface area contributed by atoms with Crippen molar-refractivity contribution in [2.45, 2.75) is 96.2 Å². The summed E-state index contributed by atoms with van der Waals surface area (Å²) in [6.07, 6.45) is 8.67. The number of nitrogens with zero attached hydrogens (tertiary/aromatic N) is 6. The second-order valence-electron chi connectivity index (χ2n) is 13.5. The first-order valence-electron chi connectivity index (χ1n) is 15.4. The highest BCUT2D eigenvalue weighted by Gasteiger charge is 2.50. The van der Waals surface area contributed by atoms with Gasteiger partial charge < -0.3 is 15.5 Å². The third-order valence-corrected chi connectivity index (χ3v) is 10.9. The van der Waals surface area contributed by atoms with Gasteiger partial charge in [0.1, 0.15) is 17.2 Å². The second-order valence-corrected chi connectivity index (χ2v) is 14.7. The number of alkyl halides is 1.